The molecule has 0 fully saturated rings. The van der Waals surface area contributed by atoms with Gasteiger partial charge in [0.2, 0.25) is 0 Å². The first-order valence-corrected chi connectivity index (χ1v) is 7.82. The Morgan fingerprint density at radius 3 is 2.90 bits per heavy atom. The molecule has 1 N–H and O–H groups in total. The van der Waals surface area contributed by atoms with Crippen LogP contribution in [0.2, 0.25) is 0 Å². The standard InChI is InChI=1S/C18H26O2/c1-15-8-7-11-17(14-15)20-13-12-18(19)16-9-5-3-2-4-6-10-16/h7-9,11,14,18-19H,2-6,10,12-13H2,1H3/b16-9+. The third kappa shape index (κ3) is 5.01. The van der Waals surface area contributed by atoms with Crippen molar-refractivity contribution in [2.24, 2.45) is 0 Å². The average molecular weight is 274 g/mol. The van der Waals surface area contributed by atoms with E-state index in [0.29, 0.717) is 13.0 Å². The van der Waals surface area contributed by atoms with E-state index in [9.17, 15) is 5.11 Å². The molecule has 1 aliphatic rings. The van der Waals surface area contributed by atoms with E-state index in [2.05, 4.69) is 19.1 Å². The molecule has 0 amide bonds. The molecule has 1 aliphatic carbocycles. The SMILES string of the molecule is Cc1cccc(OCCC(O)/C2=C/CCCCCC2)c1. The second kappa shape index (κ2) is 8.11. The molecule has 0 saturated carbocycles. The maximum absolute atomic E-state index is 10.3. The molecule has 110 valence electrons. The van der Waals surface area contributed by atoms with E-state index in [1.807, 2.05) is 18.2 Å². The van der Waals surface area contributed by atoms with E-state index < -0.39 is 0 Å². The van der Waals surface area contributed by atoms with Crippen molar-refractivity contribution in [3.05, 3.63) is 41.5 Å². The fourth-order valence-corrected chi connectivity index (χ4v) is 2.70. The van der Waals surface area contributed by atoms with Crippen molar-refractivity contribution in [2.75, 3.05) is 6.61 Å². The highest BCUT2D eigenvalue weighted by Crippen LogP contribution is 2.21. The molecule has 2 nitrogen and oxygen atoms in total. The van der Waals surface area contributed by atoms with Crippen LogP contribution >= 0.6 is 0 Å². The fraction of sp³-hybridized carbons (Fsp3) is 0.556. The van der Waals surface area contributed by atoms with E-state index in [-0.39, 0.29) is 6.10 Å². The molecule has 0 saturated heterocycles. The van der Waals surface area contributed by atoms with Crippen LogP contribution in [0.5, 0.6) is 5.75 Å². The summed E-state index contributed by atoms with van der Waals surface area (Å²) in [7, 11) is 0. The monoisotopic (exact) mass is 274 g/mol. The summed E-state index contributed by atoms with van der Waals surface area (Å²) in [6, 6.07) is 8.05. The predicted molar refractivity (Wildman–Crippen MR) is 83.1 cm³/mol. The number of benzene rings is 1. The van der Waals surface area contributed by atoms with Gasteiger partial charge in [-0.05, 0) is 55.9 Å². The van der Waals surface area contributed by atoms with Gasteiger partial charge in [0, 0.05) is 6.42 Å². The summed E-state index contributed by atoms with van der Waals surface area (Å²) in [6.45, 7) is 2.63. The Bertz CT molecular complexity index is 437. The molecular formula is C18H26O2. The van der Waals surface area contributed by atoms with Crippen molar-refractivity contribution in [3.8, 4) is 5.75 Å². The molecule has 2 heteroatoms. The molecule has 1 atom stereocenters. The zero-order valence-corrected chi connectivity index (χ0v) is 12.5. The van der Waals surface area contributed by atoms with E-state index in [1.54, 1.807) is 0 Å². The van der Waals surface area contributed by atoms with Crippen LogP contribution in [-0.4, -0.2) is 17.8 Å². The van der Waals surface area contributed by atoms with Crippen molar-refractivity contribution < 1.29 is 9.84 Å². The van der Waals surface area contributed by atoms with Crippen LogP contribution in [0.1, 0.15) is 50.5 Å². The minimum Gasteiger partial charge on any atom is -0.493 e. The van der Waals surface area contributed by atoms with Crippen LogP contribution in [0.3, 0.4) is 0 Å². The minimum atomic E-state index is -0.335. The maximum Gasteiger partial charge on any atom is 0.119 e. The number of aliphatic hydroxyl groups is 1. The summed E-state index contributed by atoms with van der Waals surface area (Å²) in [5.74, 6) is 0.892. The second-order valence-electron chi connectivity index (χ2n) is 5.70. The van der Waals surface area contributed by atoms with Gasteiger partial charge in [0.25, 0.3) is 0 Å². The highest BCUT2D eigenvalue weighted by molar-refractivity contribution is 5.27. The van der Waals surface area contributed by atoms with Crippen LogP contribution in [0.25, 0.3) is 0 Å². The van der Waals surface area contributed by atoms with Crippen molar-refractivity contribution in [1.29, 1.82) is 0 Å². The zero-order valence-electron chi connectivity index (χ0n) is 12.5. The van der Waals surface area contributed by atoms with Crippen molar-refractivity contribution in [3.63, 3.8) is 0 Å². The van der Waals surface area contributed by atoms with Gasteiger partial charge in [0.1, 0.15) is 5.75 Å². The largest absolute Gasteiger partial charge is 0.493 e. The van der Waals surface area contributed by atoms with Gasteiger partial charge in [-0.15, -0.1) is 0 Å². The van der Waals surface area contributed by atoms with Gasteiger partial charge in [0.15, 0.2) is 0 Å². The highest BCUT2D eigenvalue weighted by Gasteiger charge is 2.12. The molecule has 1 aromatic carbocycles. The number of rotatable bonds is 5. The molecule has 0 aromatic heterocycles. The van der Waals surface area contributed by atoms with Gasteiger partial charge in [-0.25, -0.2) is 0 Å². The van der Waals surface area contributed by atoms with E-state index >= 15 is 0 Å². The topological polar surface area (TPSA) is 29.5 Å². The van der Waals surface area contributed by atoms with Gasteiger partial charge in [-0.1, -0.05) is 31.1 Å². The normalized spacial score (nSPS) is 20.4. The lowest BCUT2D eigenvalue weighted by molar-refractivity contribution is 0.164. The van der Waals surface area contributed by atoms with Crippen LogP contribution in [0.15, 0.2) is 35.9 Å². The number of hydrogen-bond acceptors (Lipinski definition) is 2. The first kappa shape index (κ1) is 15.1. The van der Waals surface area contributed by atoms with Crippen LogP contribution < -0.4 is 4.74 Å². The molecule has 2 rings (SSSR count). The third-order valence-electron chi connectivity index (χ3n) is 3.90. The van der Waals surface area contributed by atoms with Crippen LogP contribution in [0.4, 0.5) is 0 Å². The van der Waals surface area contributed by atoms with Crippen LogP contribution in [0, 0.1) is 6.92 Å². The molecular weight excluding hydrogens is 248 g/mol. The predicted octanol–water partition coefficient (Wildman–Crippen LogP) is 4.41. The molecule has 1 aromatic rings. The smallest absolute Gasteiger partial charge is 0.119 e. The maximum atomic E-state index is 10.3. The third-order valence-corrected chi connectivity index (χ3v) is 3.90. The Morgan fingerprint density at radius 2 is 2.05 bits per heavy atom. The summed E-state index contributed by atoms with van der Waals surface area (Å²) in [5, 5.41) is 10.3. The Labute approximate surface area is 122 Å². The number of aliphatic hydroxyl groups excluding tert-OH is 1. The fourth-order valence-electron chi connectivity index (χ4n) is 2.70. The first-order valence-electron chi connectivity index (χ1n) is 7.82. The lowest BCUT2D eigenvalue weighted by Crippen LogP contribution is -2.15. The lowest BCUT2D eigenvalue weighted by atomic mass is 9.95. The highest BCUT2D eigenvalue weighted by atomic mass is 16.5. The van der Waals surface area contributed by atoms with E-state index in [0.717, 1.165) is 18.6 Å². The molecule has 0 heterocycles. The summed E-state index contributed by atoms with van der Waals surface area (Å²) < 4.78 is 5.72. The van der Waals surface area contributed by atoms with Gasteiger partial charge >= 0.3 is 0 Å². The quantitative estimate of drug-likeness (QED) is 0.806. The van der Waals surface area contributed by atoms with Gasteiger partial charge in [-0.2, -0.15) is 0 Å². The Morgan fingerprint density at radius 1 is 1.20 bits per heavy atom. The molecule has 0 bridgehead atoms. The van der Waals surface area contributed by atoms with Crippen LogP contribution in [-0.2, 0) is 0 Å². The van der Waals surface area contributed by atoms with E-state index in [1.165, 1.54) is 36.8 Å². The second-order valence-corrected chi connectivity index (χ2v) is 5.70. The number of allylic oxidation sites excluding steroid dienone is 1. The number of ether oxygens (including phenoxy) is 1. The van der Waals surface area contributed by atoms with Gasteiger partial charge in [-0.3, -0.25) is 0 Å². The zero-order chi connectivity index (χ0) is 14.2. The summed E-state index contributed by atoms with van der Waals surface area (Å²) >= 11 is 0. The minimum absolute atomic E-state index is 0.335. The van der Waals surface area contributed by atoms with Crippen molar-refractivity contribution >= 4 is 0 Å². The molecule has 1 unspecified atom stereocenters. The molecule has 0 radical (unpaired) electrons. The first-order chi connectivity index (χ1) is 9.75. The number of hydrogen-bond donors (Lipinski definition) is 1. The van der Waals surface area contributed by atoms with Crippen molar-refractivity contribution in [1.82, 2.24) is 0 Å². The van der Waals surface area contributed by atoms with Gasteiger partial charge in [0.05, 0.1) is 12.7 Å². The Kier molecular flexibility index (Phi) is 6.13. The molecule has 20 heavy (non-hydrogen) atoms. The Balaban J connectivity index is 1.77. The number of aryl methyl sites for hydroxylation is 1. The summed E-state index contributed by atoms with van der Waals surface area (Å²) in [6.07, 6.45) is 9.85. The molecule has 0 aliphatic heterocycles. The Hall–Kier alpha value is -1.28. The molecule has 0 spiro atoms. The lowest BCUT2D eigenvalue weighted by Gasteiger charge is -2.17. The van der Waals surface area contributed by atoms with Gasteiger partial charge < -0.3 is 9.84 Å². The van der Waals surface area contributed by atoms with Crippen molar-refractivity contribution in [2.45, 2.75) is 58.0 Å². The summed E-state index contributed by atoms with van der Waals surface area (Å²) in [4.78, 5) is 0. The summed E-state index contributed by atoms with van der Waals surface area (Å²) in [5.41, 5.74) is 2.42. The van der Waals surface area contributed by atoms with E-state index in [4.69, 9.17) is 4.74 Å². The average Bonchev–Trinajstić information content (AvgIpc) is 2.38.